The van der Waals surface area contributed by atoms with Crippen LogP contribution in [-0.2, 0) is 10.2 Å². The molecule has 0 radical (unpaired) electrons. The molecule has 30 heavy (non-hydrogen) atoms. The normalized spacial score (nSPS) is 20.9. The molecule has 4 rings (SSSR count). The molecule has 0 bridgehead atoms. The van der Waals surface area contributed by atoms with Gasteiger partial charge in [0.15, 0.2) is 0 Å². The van der Waals surface area contributed by atoms with E-state index in [1.807, 2.05) is 12.1 Å². The van der Waals surface area contributed by atoms with Gasteiger partial charge in [-0.1, -0.05) is 67.9 Å². The summed E-state index contributed by atoms with van der Waals surface area (Å²) >= 11 is 6.15. The molecule has 2 aliphatic heterocycles. The van der Waals surface area contributed by atoms with Gasteiger partial charge in [-0.05, 0) is 85.7 Å². The Morgan fingerprint density at radius 1 is 0.900 bits per heavy atom. The first-order chi connectivity index (χ1) is 14.5. The van der Waals surface area contributed by atoms with Crippen LogP contribution >= 0.6 is 11.6 Å². The van der Waals surface area contributed by atoms with Gasteiger partial charge in [0.2, 0.25) is 0 Å². The Labute approximate surface area is 187 Å². The maximum atomic E-state index is 6.15. The number of halogens is 1. The fourth-order valence-electron chi connectivity index (χ4n) is 5.52. The molecular formula is C27H36ClNO. The summed E-state index contributed by atoms with van der Waals surface area (Å²) in [6.07, 6.45) is 6.29. The Morgan fingerprint density at radius 2 is 1.50 bits per heavy atom. The van der Waals surface area contributed by atoms with Gasteiger partial charge in [0, 0.05) is 24.3 Å². The maximum absolute atomic E-state index is 6.15. The molecule has 162 valence electrons. The van der Waals surface area contributed by atoms with Crippen LogP contribution in [0.15, 0.2) is 54.6 Å². The van der Waals surface area contributed by atoms with Crippen LogP contribution in [-0.4, -0.2) is 31.2 Å². The zero-order valence-electron chi connectivity index (χ0n) is 18.5. The van der Waals surface area contributed by atoms with Crippen molar-refractivity contribution in [2.75, 3.05) is 26.3 Å². The third-order valence-electron chi connectivity index (χ3n) is 7.46. The molecule has 2 aromatic rings. The van der Waals surface area contributed by atoms with Gasteiger partial charge < -0.3 is 4.74 Å². The van der Waals surface area contributed by atoms with Crippen molar-refractivity contribution < 1.29 is 4.74 Å². The average molecular weight is 426 g/mol. The summed E-state index contributed by atoms with van der Waals surface area (Å²) in [7, 11) is 0. The zero-order chi connectivity index (χ0) is 21.0. The van der Waals surface area contributed by atoms with E-state index < -0.39 is 0 Å². The van der Waals surface area contributed by atoms with Crippen LogP contribution in [0.25, 0.3) is 0 Å². The summed E-state index contributed by atoms with van der Waals surface area (Å²) in [6, 6.07) is 20.0. The van der Waals surface area contributed by atoms with Gasteiger partial charge in [0.25, 0.3) is 0 Å². The lowest BCUT2D eigenvalue weighted by Gasteiger charge is -2.43. The number of hydrogen-bond acceptors (Lipinski definition) is 2. The number of rotatable bonds is 6. The van der Waals surface area contributed by atoms with Gasteiger partial charge in [-0.25, -0.2) is 0 Å². The van der Waals surface area contributed by atoms with E-state index in [2.05, 4.69) is 61.2 Å². The Morgan fingerprint density at radius 3 is 2.13 bits per heavy atom. The summed E-state index contributed by atoms with van der Waals surface area (Å²) in [5.41, 5.74) is 2.90. The van der Waals surface area contributed by atoms with E-state index >= 15 is 0 Å². The van der Waals surface area contributed by atoms with Crippen molar-refractivity contribution >= 4 is 11.6 Å². The molecule has 0 amide bonds. The highest BCUT2D eigenvalue weighted by molar-refractivity contribution is 6.30. The molecule has 2 nitrogen and oxygen atoms in total. The third-order valence-corrected chi connectivity index (χ3v) is 7.71. The van der Waals surface area contributed by atoms with Crippen LogP contribution in [0.3, 0.4) is 0 Å². The quantitative estimate of drug-likeness (QED) is 0.499. The second-order valence-electron chi connectivity index (χ2n) is 9.84. The minimum atomic E-state index is 0.0860. The Hall–Kier alpha value is -1.35. The Kier molecular flexibility index (Phi) is 7.18. The molecule has 2 aromatic carbocycles. The topological polar surface area (TPSA) is 12.5 Å². The van der Waals surface area contributed by atoms with Crippen LogP contribution in [0.2, 0.25) is 5.02 Å². The Bertz CT molecular complexity index is 774. The Balaban J connectivity index is 1.49. The second kappa shape index (κ2) is 9.85. The molecule has 0 saturated carbocycles. The van der Waals surface area contributed by atoms with Gasteiger partial charge in [0.05, 0.1) is 0 Å². The lowest BCUT2D eigenvalue weighted by Crippen LogP contribution is -2.41. The summed E-state index contributed by atoms with van der Waals surface area (Å²) < 4.78 is 5.59. The molecule has 0 aromatic heterocycles. The lowest BCUT2D eigenvalue weighted by atomic mass is 9.76. The first-order valence-electron chi connectivity index (χ1n) is 11.7. The summed E-state index contributed by atoms with van der Waals surface area (Å²) in [5.74, 6) is 1.76. The highest BCUT2D eigenvalue weighted by atomic mass is 35.5. The third kappa shape index (κ3) is 5.28. The molecule has 1 atom stereocenters. The molecular weight excluding hydrogens is 390 g/mol. The van der Waals surface area contributed by atoms with Crippen molar-refractivity contribution in [1.29, 1.82) is 0 Å². The van der Waals surface area contributed by atoms with E-state index in [4.69, 9.17) is 16.3 Å². The molecule has 1 unspecified atom stereocenters. The summed E-state index contributed by atoms with van der Waals surface area (Å²) in [5, 5.41) is 0.810. The van der Waals surface area contributed by atoms with E-state index in [-0.39, 0.29) is 5.41 Å². The van der Waals surface area contributed by atoms with Crippen molar-refractivity contribution in [2.24, 2.45) is 11.8 Å². The fourth-order valence-corrected chi connectivity index (χ4v) is 5.65. The highest BCUT2D eigenvalue weighted by Crippen LogP contribution is 2.40. The van der Waals surface area contributed by atoms with E-state index in [0.29, 0.717) is 6.04 Å². The van der Waals surface area contributed by atoms with Gasteiger partial charge in [-0.15, -0.1) is 0 Å². The van der Waals surface area contributed by atoms with E-state index in [1.54, 1.807) is 0 Å². The van der Waals surface area contributed by atoms with Crippen molar-refractivity contribution in [3.63, 3.8) is 0 Å². The van der Waals surface area contributed by atoms with Crippen LogP contribution in [0.4, 0.5) is 0 Å². The zero-order valence-corrected chi connectivity index (χ0v) is 19.3. The van der Waals surface area contributed by atoms with E-state index in [1.165, 1.54) is 49.9 Å². The standard InChI is InChI=1S/C27H36ClNO/c1-27(2,24-8-10-25(28)11-9-24)20-26(23-6-4-3-5-7-23)29-16-12-21(13-17-29)22-14-18-30-19-15-22/h3-11,21-22,26H,12-20H2,1-2H3. The summed E-state index contributed by atoms with van der Waals surface area (Å²) in [6.45, 7) is 9.10. The average Bonchev–Trinajstić information content (AvgIpc) is 2.79. The van der Waals surface area contributed by atoms with Crippen molar-refractivity contribution in [1.82, 2.24) is 4.90 Å². The smallest absolute Gasteiger partial charge is 0.0468 e. The van der Waals surface area contributed by atoms with Crippen molar-refractivity contribution in [3.05, 3.63) is 70.7 Å². The molecule has 3 heteroatoms. The van der Waals surface area contributed by atoms with Crippen molar-refractivity contribution in [2.45, 2.75) is 57.4 Å². The number of hydrogen-bond donors (Lipinski definition) is 0. The number of benzene rings is 2. The van der Waals surface area contributed by atoms with Gasteiger partial charge in [0.1, 0.15) is 0 Å². The molecule has 0 spiro atoms. The van der Waals surface area contributed by atoms with Crippen molar-refractivity contribution in [3.8, 4) is 0 Å². The molecule has 0 N–H and O–H groups in total. The van der Waals surface area contributed by atoms with Crippen LogP contribution in [0.5, 0.6) is 0 Å². The minimum absolute atomic E-state index is 0.0860. The second-order valence-corrected chi connectivity index (χ2v) is 10.3. The predicted octanol–water partition coefficient (Wildman–Crippen LogP) is 6.89. The number of piperidine rings is 1. The molecule has 2 aliphatic rings. The minimum Gasteiger partial charge on any atom is -0.381 e. The van der Waals surface area contributed by atoms with Crippen LogP contribution in [0, 0.1) is 11.8 Å². The van der Waals surface area contributed by atoms with Crippen LogP contribution in [0.1, 0.15) is 63.1 Å². The maximum Gasteiger partial charge on any atom is 0.0468 e. The number of nitrogens with zero attached hydrogens (tertiary/aromatic N) is 1. The number of ether oxygens (including phenoxy) is 1. The lowest BCUT2D eigenvalue weighted by molar-refractivity contribution is 0.0224. The molecule has 2 saturated heterocycles. The molecule has 0 aliphatic carbocycles. The van der Waals surface area contributed by atoms with Gasteiger partial charge in [-0.3, -0.25) is 4.90 Å². The first kappa shape index (κ1) is 21.9. The first-order valence-corrected chi connectivity index (χ1v) is 12.0. The molecule has 2 fully saturated rings. The monoisotopic (exact) mass is 425 g/mol. The van der Waals surface area contributed by atoms with Gasteiger partial charge >= 0.3 is 0 Å². The largest absolute Gasteiger partial charge is 0.381 e. The number of likely N-dealkylation sites (tertiary alicyclic amines) is 1. The van der Waals surface area contributed by atoms with Crippen LogP contribution < -0.4 is 0 Å². The molecule has 2 heterocycles. The highest BCUT2D eigenvalue weighted by Gasteiger charge is 2.34. The predicted molar refractivity (Wildman–Crippen MR) is 126 cm³/mol. The SMILES string of the molecule is CC(C)(CC(c1ccccc1)N1CCC(C2CCOCC2)CC1)c1ccc(Cl)cc1. The van der Waals surface area contributed by atoms with Gasteiger partial charge in [-0.2, -0.15) is 0 Å². The van der Waals surface area contributed by atoms with E-state index in [9.17, 15) is 0 Å². The summed E-state index contributed by atoms with van der Waals surface area (Å²) in [4.78, 5) is 2.75. The van der Waals surface area contributed by atoms with E-state index in [0.717, 1.165) is 36.5 Å². The fraction of sp³-hybridized carbons (Fsp3) is 0.556.